The number of aromatic hydroxyl groups is 3. The Balaban J connectivity index is 2.53. The minimum atomic E-state index is -2.89. The van der Waals surface area contributed by atoms with Crippen LogP contribution in [-0.4, -0.2) is 76.5 Å². The number of carbonyl (C=O) groups is 2. The maximum Gasteiger partial charge on any atom is 0.336 e. The van der Waals surface area contributed by atoms with E-state index in [4.69, 9.17) is 0 Å². The highest BCUT2D eigenvalue weighted by atomic mass is 16.4. The van der Waals surface area contributed by atoms with Crippen LogP contribution in [0.25, 0.3) is 0 Å². The zero-order valence-electron chi connectivity index (χ0n) is 12.1. The Labute approximate surface area is 134 Å². The number of hydrogen-bond acceptors (Lipinski definition) is 9. The molecule has 3 unspecified atom stereocenters. The molecule has 24 heavy (non-hydrogen) atoms. The molecule has 0 radical (unpaired) electrons. The number of ketones is 1. The van der Waals surface area contributed by atoms with Gasteiger partial charge in [-0.15, -0.1) is 0 Å². The maximum atomic E-state index is 12.5. The summed E-state index contributed by atoms with van der Waals surface area (Å²) in [5.74, 6) is -7.90. The second-order valence-electron chi connectivity index (χ2n) is 5.69. The van der Waals surface area contributed by atoms with Crippen molar-refractivity contribution in [2.45, 2.75) is 30.3 Å². The van der Waals surface area contributed by atoms with E-state index in [1.165, 1.54) is 0 Å². The smallest absolute Gasteiger partial charge is 0.336 e. The number of carbonyl (C=O) groups excluding carboxylic acids is 1. The average molecular weight is 344 g/mol. The van der Waals surface area contributed by atoms with Gasteiger partial charge in [0.25, 0.3) is 0 Å². The van der Waals surface area contributed by atoms with Gasteiger partial charge < -0.3 is 40.9 Å². The number of aliphatic carboxylic acids is 1. The fourth-order valence-corrected chi connectivity index (χ4v) is 2.79. The molecular weight excluding hydrogens is 328 g/mol. The van der Waals surface area contributed by atoms with Crippen molar-refractivity contribution in [3.8, 4) is 17.2 Å². The minimum Gasteiger partial charge on any atom is -0.504 e. The highest BCUT2D eigenvalue weighted by Crippen LogP contribution is 2.40. The average Bonchev–Trinajstić information content (AvgIpc) is 2.49. The van der Waals surface area contributed by atoms with Gasteiger partial charge in [-0.1, -0.05) is 0 Å². The van der Waals surface area contributed by atoms with Crippen LogP contribution in [0.4, 0.5) is 0 Å². The van der Waals surface area contributed by atoms with E-state index in [0.29, 0.717) is 12.1 Å². The van der Waals surface area contributed by atoms with Crippen LogP contribution in [0.1, 0.15) is 16.8 Å². The number of rotatable bonds is 3. The molecule has 1 saturated carbocycles. The minimum absolute atomic E-state index is 0.518. The molecule has 0 amide bonds. The van der Waals surface area contributed by atoms with Crippen molar-refractivity contribution in [1.29, 1.82) is 0 Å². The first-order valence-corrected chi connectivity index (χ1v) is 6.79. The first-order chi connectivity index (χ1) is 11.0. The number of carboxylic acid groups (broad SMARTS) is 1. The van der Waals surface area contributed by atoms with Crippen molar-refractivity contribution in [2.24, 2.45) is 5.92 Å². The van der Waals surface area contributed by atoms with E-state index in [1.807, 2.05) is 0 Å². The number of carboxylic acids is 1. The summed E-state index contributed by atoms with van der Waals surface area (Å²) in [6.45, 7) is 0. The Hall–Kier alpha value is -2.40. The number of aliphatic hydroxyl groups excluding tert-OH is 3. The van der Waals surface area contributed by atoms with Gasteiger partial charge in [0.15, 0.2) is 28.6 Å². The number of phenolic OH excluding ortho intramolecular Hbond substituents is 3. The summed E-state index contributed by atoms with van der Waals surface area (Å²) >= 11 is 0. The standard InChI is InChI=1S/C14H16O10/c15-5-1-4(2-6(16)10(5)19)9(18)8-12(21)11(20)7(17)3-14(8,24)13(22)23/h1-2,7-8,11-12,15-17,19-21,24H,3H2,(H,22,23)/t7-,8?,11?,12-,14?/m1/s1. The molecule has 1 aromatic carbocycles. The van der Waals surface area contributed by atoms with Crippen molar-refractivity contribution >= 4 is 11.8 Å². The Morgan fingerprint density at radius 1 is 1.00 bits per heavy atom. The summed E-state index contributed by atoms with van der Waals surface area (Å²) in [6.07, 6.45) is -6.72. The molecule has 0 saturated heterocycles. The summed E-state index contributed by atoms with van der Waals surface area (Å²) in [6, 6.07) is 1.40. The highest BCUT2D eigenvalue weighted by molar-refractivity contribution is 6.03. The van der Waals surface area contributed by atoms with Crippen LogP contribution in [0.5, 0.6) is 17.2 Å². The first-order valence-electron chi connectivity index (χ1n) is 6.79. The van der Waals surface area contributed by atoms with Crippen LogP contribution in [0.15, 0.2) is 12.1 Å². The molecule has 8 N–H and O–H groups in total. The Bertz CT molecular complexity index is 663. The van der Waals surface area contributed by atoms with Gasteiger partial charge in [-0.25, -0.2) is 4.79 Å². The lowest BCUT2D eigenvalue weighted by molar-refractivity contribution is -0.200. The molecule has 0 heterocycles. The van der Waals surface area contributed by atoms with Crippen LogP contribution in [0.3, 0.4) is 0 Å². The van der Waals surface area contributed by atoms with Crippen LogP contribution in [0.2, 0.25) is 0 Å². The Morgan fingerprint density at radius 2 is 1.50 bits per heavy atom. The maximum absolute atomic E-state index is 12.5. The molecule has 1 aromatic rings. The summed E-state index contributed by atoms with van der Waals surface area (Å²) in [7, 11) is 0. The molecule has 132 valence electrons. The SMILES string of the molecule is O=C(c1cc(O)c(O)c(O)c1)C1[C@@H](O)C(O)[C@H](O)CC1(O)C(=O)O. The predicted molar refractivity (Wildman–Crippen MR) is 74.5 cm³/mol. The second-order valence-corrected chi connectivity index (χ2v) is 5.69. The van der Waals surface area contributed by atoms with Gasteiger partial charge in [0, 0.05) is 12.0 Å². The van der Waals surface area contributed by atoms with E-state index in [0.717, 1.165) is 0 Å². The van der Waals surface area contributed by atoms with E-state index >= 15 is 0 Å². The van der Waals surface area contributed by atoms with Gasteiger partial charge >= 0.3 is 5.97 Å². The third-order valence-corrected chi connectivity index (χ3v) is 4.13. The lowest BCUT2D eigenvalue weighted by Crippen LogP contribution is -2.64. The first kappa shape index (κ1) is 17.9. The third-order valence-electron chi connectivity index (χ3n) is 4.13. The molecule has 5 atom stereocenters. The van der Waals surface area contributed by atoms with Crippen molar-refractivity contribution in [1.82, 2.24) is 0 Å². The summed E-state index contributed by atoms with van der Waals surface area (Å²) in [5.41, 5.74) is -3.41. The molecule has 10 nitrogen and oxygen atoms in total. The van der Waals surface area contributed by atoms with E-state index < -0.39 is 70.8 Å². The second kappa shape index (κ2) is 5.91. The van der Waals surface area contributed by atoms with Crippen LogP contribution in [-0.2, 0) is 4.79 Å². The fourth-order valence-electron chi connectivity index (χ4n) is 2.79. The Morgan fingerprint density at radius 3 is 1.96 bits per heavy atom. The van der Waals surface area contributed by atoms with Gasteiger partial charge in [0.05, 0.1) is 18.1 Å². The zero-order chi connectivity index (χ0) is 18.4. The summed E-state index contributed by atoms with van der Waals surface area (Å²) in [4.78, 5) is 23.9. The van der Waals surface area contributed by atoms with Crippen molar-refractivity contribution < 1.29 is 50.4 Å². The molecular formula is C14H16O10. The lowest BCUT2D eigenvalue weighted by Gasteiger charge is -2.43. The monoisotopic (exact) mass is 344 g/mol. The van der Waals surface area contributed by atoms with Gasteiger partial charge in [-0.2, -0.15) is 0 Å². The van der Waals surface area contributed by atoms with Gasteiger partial charge in [0.1, 0.15) is 6.10 Å². The number of hydrogen-bond donors (Lipinski definition) is 8. The van der Waals surface area contributed by atoms with Crippen LogP contribution in [0, 0.1) is 5.92 Å². The van der Waals surface area contributed by atoms with Gasteiger partial charge in [-0.05, 0) is 12.1 Å². The van der Waals surface area contributed by atoms with Crippen molar-refractivity contribution in [2.75, 3.05) is 0 Å². The lowest BCUT2D eigenvalue weighted by atomic mass is 9.68. The molecule has 2 rings (SSSR count). The summed E-state index contributed by atoms with van der Waals surface area (Å²) in [5, 5.41) is 76.8. The molecule has 0 aliphatic heterocycles. The van der Waals surface area contributed by atoms with Gasteiger partial charge in [-0.3, -0.25) is 4.79 Å². The number of aliphatic hydroxyl groups is 4. The molecule has 0 bridgehead atoms. The van der Waals surface area contributed by atoms with Crippen LogP contribution < -0.4 is 0 Å². The number of phenols is 3. The molecule has 10 heteroatoms. The van der Waals surface area contributed by atoms with Gasteiger partial charge in [0.2, 0.25) is 0 Å². The largest absolute Gasteiger partial charge is 0.504 e. The Kier molecular flexibility index (Phi) is 4.42. The van der Waals surface area contributed by atoms with E-state index in [2.05, 4.69) is 0 Å². The van der Waals surface area contributed by atoms with Crippen molar-refractivity contribution in [3.05, 3.63) is 17.7 Å². The van der Waals surface area contributed by atoms with E-state index in [1.54, 1.807) is 0 Å². The summed E-state index contributed by atoms with van der Waals surface area (Å²) < 4.78 is 0. The quantitative estimate of drug-likeness (QED) is 0.222. The topological polar surface area (TPSA) is 196 Å². The predicted octanol–water partition coefficient (Wildman–Crippen LogP) is -2.10. The zero-order valence-corrected chi connectivity index (χ0v) is 12.1. The van der Waals surface area contributed by atoms with E-state index in [-0.39, 0.29) is 0 Å². The fraction of sp³-hybridized carbons (Fsp3) is 0.429. The third kappa shape index (κ3) is 2.65. The number of benzene rings is 1. The van der Waals surface area contributed by atoms with E-state index in [9.17, 15) is 50.4 Å². The number of Topliss-reactive ketones (excluding diaryl/α,β-unsaturated/α-hetero) is 1. The van der Waals surface area contributed by atoms with Crippen LogP contribution >= 0.6 is 0 Å². The molecule has 0 spiro atoms. The highest BCUT2D eigenvalue weighted by Gasteiger charge is 2.59. The van der Waals surface area contributed by atoms with Crippen molar-refractivity contribution in [3.63, 3.8) is 0 Å². The molecule has 1 aliphatic carbocycles. The molecule has 1 aliphatic rings. The normalized spacial score (nSPS) is 33.2. The molecule has 0 aromatic heterocycles. The molecule has 1 fully saturated rings.